The third-order valence-electron chi connectivity index (χ3n) is 1.68. The summed E-state index contributed by atoms with van der Waals surface area (Å²) in [4.78, 5) is 12.5. The molecule has 0 heterocycles. The first-order valence-electron chi connectivity index (χ1n) is 4.01. The molecule has 0 spiro atoms. The van der Waals surface area contributed by atoms with E-state index in [9.17, 15) is 4.79 Å². The number of ether oxygens (including phenoxy) is 1. The van der Waals surface area contributed by atoms with Crippen LogP contribution in [0, 0.1) is 5.92 Å². The minimum absolute atomic E-state index is 0.0737. The van der Waals surface area contributed by atoms with Crippen LogP contribution in [0.2, 0.25) is 0 Å². The van der Waals surface area contributed by atoms with Gasteiger partial charge in [0.15, 0.2) is 7.98 Å². The molecule has 0 aromatic carbocycles. The fourth-order valence-electron chi connectivity index (χ4n) is 1.32. The number of carbonyl (C=O) groups excluding carboxylic acids is 1. The third kappa shape index (κ3) is 3.37. The van der Waals surface area contributed by atoms with E-state index in [2.05, 4.69) is 0 Å². The van der Waals surface area contributed by atoms with E-state index < -0.39 is 0 Å². The van der Waals surface area contributed by atoms with Crippen molar-refractivity contribution >= 4 is 13.8 Å². The maximum atomic E-state index is 11.1. The van der Waals surface area contributed by atoms with Gasteiger partial charge in [-0.1, -0.05) is 13.8 Å². The van der Waals surface area contributed by atoms with Crippen molar-refractivity contribution in [2.75, 3.05) is 13.8 Å². The molecule has 0 saturated heterocycles. The normalized spacial score (nSPS) is 13.8. The van der Waals surface area contributed by atoms with Gasteiger partial charge in [0.25, 0.3) is 0 Å². The van der Waals surface area contributed by atoms with Crippen LogP contribution in [0.5, 0.6) is 0 Å². The fraction of sp³-hybridized carbons (Fsp3) is 0.875. The molecule has 0 aliphatic rings. The molecule has 0 aromatic rings. The highest BCUT2D eigenvalue weighted by atomic mass is 16.5. The van der Waals surface area contributed by atoms with Crippen LogP contribution in [-0.4, -0.2) is 38.5 Å². The second-order valence-electron chi connectivity index (χ2n) is 3.23. The molecule has 1 unspecified atom stereocenters. The van der Waals surface area contributed by atoms with Gasteiger partial charge in [-0.3, -0.25) is 4.79 Å². The van der Waals surface area contributed by atoms with Gasteiger partial charge >= 0.3 is 0 Å². The van der Waals surface area contributed by atoms with E-state index >= 15 is 0 Å². The lowest BCUT2D eigenvalue weighted by molar-refractivity contribution is -0.123. The number of hydrogen-bond acceptors (Lipinski definition) is 3. The van der Waals surface area contributed by atoms with E-state index in [-0.39, 0.29) is 24.5 Å². The number of Topliss-reactive ketones (excluding diaryl/α,β-unsaturated/α-hetero) is 1. The van der Waals surface area contributed by atoms with Crippen molar-refractivity contribution in [1.82, 2.24) is 4.81 Å². The van der Waals surface area contributed by atoms with Crippen molar-refractivity contribution in [2.45, 2.75) is 26.8 Å². The Morgan fingerprint density at radius 3 is 2.33 bits per heavy atom. The average molecular weight is 169 g/mol. The smallest absolute Gasteiger partial charge is 0.186 e. The molecule has 0 aromatic heterocycles. The summed E-state index contributed by atoms with van der Waals surface area (Å²) in [6.07, 6.45) is 0. The number of ketones is 1. The second kappa shape index (κ2) is 5.33. The summed E-state index contributed by atoms with van der Waals surface area (Å²) < 4.78 is 4.83. The molecule has 0 aliphatic carbocycles. The van der Waals surface area contributed by atoms with E-state index in [4.69, 9.17) is 12.7 Å². The van der Waals surface area contributed by atoms with Crippen molar-refractivity contribution < 1.29 is 9.53 Å². The van der Waals surface area contributed by atoms with Crippen molar-refractivity contribution in [3.8, 4) is 0 Å². The van der Waals surface area contributed by atoms with Crippen LogP contribution in [0.4, 0.5) is 0 Å². The predicted octanol–water partition coefficient (Wildman–Crippen LogP) is 0.589. The van der Waals surface area contributed by atoms with Gasteiger partial charge < -0.3 is 9.55 Å². The first-order chi connectivity index (χ1) is 5.50. The quantitative estimate of drug-likeness (QED) is 0.445. The summed E-state index contributed by atoms with van der Waals surface area (Å²) in [5.41, 5.74) is 0. The van der Waals surface area contributed by atoms with Crippen LogP contribution in [-0.2, 0) is 9.53 Å². The Labute approximate surface area is 75.5 Å². The van der Waals surface area contributed by atoms with Crippen LogP contribution in [0.15, 0.2) is 0 Å². The largest absolute Gasteiger partial charge is 0.370 e. The Bertz CT molecular complexity index is 150. The molecule has 0 rings (SSSR count). The van der Waals surface area contributed by atoms with Crippen molar-refractivity contribution in [3.05, 3.63) is 0 Å². The summed E-state index contributed by atoms with van der Waals surface area (Å²) in [7, 11) is 7.17. The number of carbonyl (C=O) groups is 1. The lowest BCUT2D eigenvalue weighted by Crippen LogP contribution is -2.43. The zero-order chi connectivity index (χ0) is 9.72. The van der Waals surface area contributed by atoms with Gasteiger partial charge in [0.2, 0.25) is 0 Å². The van der Waals surface area contributed by atoms with Crippen molar-refractivity contribution in [2.24, 2.45) is 5.92 Å². The lowest BCUT2D eigenvalue weighted by atomic mass is 9.97. The molecule has 0 N–H and O–H groups in total. The van der Waals surface area contributed by atoms with Gasteiger partial charge in [0, 0.05) is 7.11 Å². The Morgan fingerprint density at radius 1 is 1.58 bits per heavy atom. The summed E-state index contributed by atoms with van der Waals surface area (Å²) in [6, 6.07) is -0.245. The molecule has 1 atom stereocenters. The molecule has 0 saturated carbocycles. The molecule has 0 amide bonds. The minimum Gasteiger partial charge on any atom is -0.370 e. The number of methoxy groups -OCH3 is 1. The lowest BCUT2D eigenvalue weighted by Gasteiger charge is -2.28. The van der Waals surface area contributed by atoms with E-state index in [0.29, 0.717) is 0 Å². The van der Waals surface area contributed by atoms with Crippen molar-refractivity contribution in [1.29, 1.82) is 0 Å². The third-order valence-corrected chi connectivity index (χ3v) is 1.68. The van der Waals surface area contributed by atoms with Gasteiger partial charge in [-0.2, -0.15) is 0 Å². The Kier molecular flexibility index (Phi) is 5.17. The molecule has 68 valence electrons. The van der Waals surface area contributed by atoms with E-state index in [1.807, 2.05) is 13.8 Å². The molecule has 2 radical (unpaired) electrons. The fourth-order valence-corrected chi connectivity index (χ4v) is 1.32. The van der Waals surface area contributed by atoms with Crippen LogP contribution < -0.4 is 0 Å². The zero-order valence-corrected chi connectivity index (χ0v) is 8.20. The highest BCUT2D eigenvalue weighted by Gasteiger charge is 2.21. The predicted molar refractivity (Wildman–Crippen MR) is 48.8 cm³/mol. The number of hydrogen-bond donors (Lipinski definition) is 0. The second-order valence-corrected chi connectivity index (χ2v) is 3.23. The molecule has 12 heavy (non-hydrogen) atoms. The first-order valence-corrected chi connectivity index (χ1v) is 4.01. The minimum atomic E-state index is -0.245. The van der Waals surface area contributed by atoms with Crippen molar-refractivity contribution in [3.63, 3.8) is 0 Å². The van der Waals surface area contributed by atoms with Crippen LogP contribution in [0.1, 0.15) is 20.8 Å². The van der Waals surface area contributed by atoms with Crippen LogP contribution in [0.3, 0.4) is 0 Å². The van der Waals surface area contributed by atoms with Gasteiger partial charge in [-0.15, -0.1) is 0 Å². The van der Waals surface area contributed by atoms with E-state index in [0.717, 1.165) is 0 Å². The molecule has 0 bridgehead atoms. The van der Waals surface area contributed by atoms with E-state index in [1.165, 1.54) is 4.81 Å². The Morgan fingerprint density at radius 2 is 2.08 bits per heavy atom. The zero-order valence-electron chi connectivity index (χ0n) is 8.20. The summed E-state index contributed by atoms with van der Waals surface area (Å²) in [5.74, 6) is 0.284. The molecule has 4 heteroatoms. The molecule has 0 aliphatic heterocycles. The van der Waals surface area contributed by atoms with Crippen LogP contribution >= 0.6 is 0 Å². The highest BCUT2D eigenvalue weighted by Crippen LogP contribution is 2.09. The first kappa shape index (κ1) is 11.7. The Balaban J connectivity index is 4.19. The standard InChI is InChI=1S/C8H16BNO2/c1-6(2)8(7(3)11)10(9)5-12-4/h6,8H,5H2,1-4H3. The number of rotatable bonds is 5. The SMILES string of the molecule is [B]N(COC)C(C(C)=O)C(C)C. The summed E-state index contributed by atoms with van der Waals surface area (Å²) in [5, 5.41) is 0. The average Bonchev–Trinajstić information content (AvgIpc) is 1.85. The molecule has 3 nitrogen and oxygen atoms in total. The number of nitrogens with zero attached hydrogens (tertiary/aromatic N) is 1. The Hall–Kier alpha value is -0.345. The van der Waals surface area contributed by atoms with Gasteiger partial charge in [-0.25, -0.2) is 0 Å². The monoisotopic (exact) mass is 169 g/mol. The molecular weight excluding hydrogens is 153 g/mol. The highest BCUT2D eigenvalue weighted by molar-refractivity contribution is 6.06. The van der Waals surface area contributed by atoms with Gasteiger partial charge in [0.1, 0.15) is 5.78 Å². The molecular formula is C8H16BNO2. The maximum Gasteiger partial charge on any atom is 0.186 e. The summed E-state index contributed by atoms with van der Waals surface area (Å²) in [6.45, 7) is 5.74. The summed E-state index contributed by atoms with van der Waals surface area (Å²) >= 11 is 0. The molecule has 0 fully saturated rings. The van der Waals surface area contributed by atoms with Crippen LogP contribution in [0.25, 0.3) is 0 Å². The van der Waals surface area contributed by atoms with E-state index in [1.54, 1.807) is 14.0 Å². The maximum absolute atomic E-state index is 11.1. The van der Waals surface area contributed by atoms with Gasteiger partial charge in [0.05, 0.1) is 12.8 Å². The van der Waals surface area contributed by atoms with Gasteiger partial charge in [-0.05, 0) is 12.8 Å². The topological polar surface area (TPSA) is 29.5 Å².